The average Bonchev–Trinajstić information content (AvgIpc) is 2.99. The number of rotatable bonds is 3. The van der Waals surface area contributed by atoms with Gasteiger partial charge in [-0.15, -0.1) is 0 Å². The zero-order chi connectivity index (χ0) is 12.4. The summed E-state index contributed by atoms with van der Waals surface area (Å²) in [6.07, 6.45) is 4.91. The highest BCUT2D eigenvalue weighted by Gasteiger charge is 2.18. The molecule has 5 nitrogen and oxygen atoms in total. The van der Waals surface area contributed by atoms with E-state index >= 15 is 0 Å². The molecule has 0 amide bonds. The third-order valence-corrected chi connectivity index (χ3v) is 3.80. The topological polar surface area (TPSA) is 64.1 Å². The van der Waals surface area contributed by atoms with Crippen molar-refractivity contribution in [3.8, 4) is 11.5 Å². The second kappa shape index (κ2) is 5.24. The molecule has 1 aliphatic heterocycles. The summed E-state index contributed by atoms with van der Waals surface area (Å²) >= 11 is 3.31. The van der Waals surface area contributed by atoms with E-state index in [1.54, 1.807) is 6.26 Å². The minimum atomic E-state index is 0.509. The van der Waals surface area contributed by atoms with Gasteiger partial charge < -0.3 is 14.3 Å². The van der Waals surface area contributed by atoms with Gasteiger partial charge >= 0.3 is 0 Å². The van der Waals surface area contributed by atoms with Crippen molar-refractivity contribution in [2.45, 2.75) is 19.3 Å². The van der Waals surface area contributed by atoms with Gasteiger partial charge in [0, 0.05) is 6.42 Å². The van der Waals surface area contributed by atoms with Gasteiger partial charge in [-0.3, -0.25) is 0 Å². The van der Waals surface area contributed by atoms with Crippen LogP contribution >= 0.6 is 15.9 Å². The van der Waals surface area contributed by atoms with Crippen molar-refractivity contribution in [3.05, 3.63) is 22.8 Å². The molecule has 6 heteroatoms. The Morgan fingerprint density at radius 1 is 1.50 bits per heavy atom. The molecule has 0 aromatic carbocycles. The largest absolute Gasteiger partial charge is 0.457 e. The van der Waals surface area contributed by atoms with E-state index in [9.17, 15) is 0 Å². The lowest BCUT2D eigenvalue weighted by Gasteiger charge is -2.20. The monoisotopic (exact) mass is 311 g/mol. The van der Waals surface area contributed by atoms with Crippen molar-refractivity contribution in [1.82, 2.24) is 15.5 Å². The molecule has 18 heavy (non-hydrogen) atoms. The Hall–Kier alpha value is -1.14. The van der Waals surface area contributed by atoms with E-state index in [1.165, 1.54) is 12.8 Å². The molecule has 1 atom stereocenters. The van der Waals surface area contributed by atoms with Gasteiger partial charge in [0.25, 0.3) is 5.89 Å². The number of aromatic nitrogens is 2. The van der Waals surface area contributed by atoms with Gasteiger partial charge in [-0.05, 0) is 53.8 Å². The van der Waals surface area contributed by atoms with E-state index < -0.39 is 0 Å². The van der Waals surface area contributed by atoms with Gasteiger partial charge in [-0.2, -0.15) is 4.98 Å². The molecule has 3 rings (SSSR count). The Kier molecular flexibility index (Phi) is 3.47. The summed E-state index contributed by atoms with van der Waals surface area (Å²) in [5, 5.41) is 7.42. The van der Waals surface area contributed by atoms with Crippen LogP contribution in [0.15, 0.2) is 25.9 Å². The number of halogens is 1. The number of hydrogen-bond acceptors (Lipinski definition) is 5. The molecule has 1 saturated heterocycles. The van der Waals surface area contributed by atoms with E-state index in [4.69, 9.17) is 8.94 Å². The molecule has 2 aromatic rings. The lowest BCUT2D eigenvalue weighted by Crippen LogP contribution is -2.31. The summed E-state index contributed by atoms with van der Waals surface area (Å²) in [4.78, 5) is 4.41. The molecule has 0 aliphatic carbocycles. The molecule has 1 aliphatic rings. The molecule has 0 radical (unpaired) electrons. The molecule has 0 bridgehead atoms. The highest BCUT2D eigenvalue weighted by atomic mass is 79.9. The number of nitrogens with zero attached hydrogens (tertiary/aromatic N) is 2. The van der Waals surface area contributed by atoms with E-state index in [0.717, 1.165) is 30.9 Å². The first-order chi connectivity index (χ1) is 8.83. The Morgan fingerprint density at radius 3 is 3.17 bits per heavy atom. The molecule has 3 heterocycles. The first-order valence-electron chi connectivity index (χ1n) is 6.09. The third kappa shape index (κ3) is 2.49. The van der Waals surface area contributed by atoms with Gasteiger partial charge in [-0.1, -0.05) is 5.16 Å². The second-order valence-corrected chi connectivity index (χ2v) is 5.26. The summed E-state index contributed by atoms with van der Waals surface area (Å²) < 4.78 is 11.0. The zero-order valence-corrected chi connectivity index (χ0v) is 11.4. The van der Waals surface area contributed by atoms with Crippen LogP contribution in [0.3, 0.4) is 0 Å². The molecule has 0 spiro atoms. The van der Waals surface area contributed by atoms with Crippen LogP contribution in [0.5, 0.6) is 0 Å². The normalized spacial score (nSPS) is 20.2. The van der Waals surface area contributed by atoms with Crippen molar-refractivity contribution >= 4 is 15.9 Å². The van der Waals surface area contributed by atoms with E-state index in [-0.39, 0.29) is 0 Å². The zero-order valence-electron chi connectivity index (χ0n) is 9.86. The van der Waals surface area contributed by atoms with E-state index in [0.29, 0.717) is 16.5 Å². The molecule has 0 saturated carbocycles. The number of piperidine rings is 1. The first-order valence-corrected chi connectivity index (χ1v) is 6.89. The maximum absolute atomic E-state index is 5.26. The fraction of sp³-hybridized carbons (Fsp3) is 0.500. The van der Waals surface area contributed by atoms with E-state index in [1.807, 2.05) is 6.07 Å². The summed E-state index contributed by atoms with van der Waals surface area (Å²) in [6.45, 7) is 2.16. The molecular weight excluding hydrogens is 298 g/mol. The van der Waals surface area contributed by atoms with Gasteiger partial charge in [0.05, 0.1) is 11.8 Å². The molecule has 1 N–H and O–H groups in total. The highest BCUT2D eigenvalue weighted by Crippen LogP contribution is 2.28. The van der Waals surface area contributed by atoms with Crippen LogP contribution in [-0.4, -0.2) is 23.2 Å². The number of furan rings is 1. The minimum absolute atomic E-state index is 0.509. The fourth-order valence-electron chi connectivity index (χ4n) is 2.25. The third-order valence-electron chi connectivity index (χ3n) is 3.19. The van der Waals surface area contributed by atoms with Crippen LogP contribution in [0.1, 0.15) is 18.7 Å². The molecular formula is C12H14BrN3O2. The van der Waals surface area contributed by atoms with Gasteiger partial charge in [0.1, 0.15) is 0 Å². The molecule has 1 unspecified atom stereocenters. The lowest BCUT2D eigenvalue weighted by atomic mass is 9.96. The standard InChI is InChI=1S/C12H14BrN3O2/c13-11-9(3-5-17-11)12-15-10(16-18-12)6-8-2-1-4-14-7-8/h3,5,8,14H,1-2,4,6-7H2. The van der Waals surface area contributed by atoms with Crippen molar-refractivity contribution in [1.29, 1.82) is 0 Å². The first kappa shape index (κ1) is 11.9. The average molecular weight is 312 g/mol. The second-order valence-electron chi connectivity index (χ2n) is 4.54. The van der Waals surface area contributed by atoms with Crippen LogP contribution < -0.4 is 5.32 Å². The fourth-order valence-corrected chi connectivity index (χ4v) is 2.66. The number of nitrogens with one attached hydrogen (secondary N) is 1. The predicted molar refractivity (Wildman–Crippen MR) is 69.0 cm³/mol. The van der Waals surface area contributed by atoms with Gasteiger partial charge in [-0.25, -0.2) is 0 Å². The van der Waals surface area contributed by atoms with Crippen molar-refractivity contribution in [2.24, 2.45) is 5.92 Å². The Bertz CT molecular complexity index is 517. The van der Waals surface area contributed by atoms with Gasteiger partial charge in [0.15, 0.2) is 10.5 Å². The molecule has 1 fully saturated rings. The maximum Gasteiger partial charge on any atom is 0.262 e. The maximum atomic E-state index is 5.26. The quantitative estimate of drug-likeness (QED) is 0.944. The summed E-state index contributed by atoms with van der Waals surface area (Å²) in [5.41, 5.74) is 0.801. The van der Waals surface area contributed by atoms with Gasteiger partial charge in [0.2, 0.25) is 0 Å². The Balaban J connectivity index is 1.71. The summed E-state index contributed by atoms with van der Waals surface area (Å²) in [6, 6.07) is 1.81. The van der Waals surface area contributed by atoms with E-state index in [2.05, 4.69) is 31.4 Å². The van der Waals surface area contributed by atoms with Crippen LogP contribution in [0.2, 0.25) is 0 Å². The Morgan fingerprint density at radius 2 is 2.44 bits per heavy atom. The minimum Gasteiger partial charge on any atom is -0.457 e. The molecule has 2 aromatic heterocycles. The van der Waals surface area contributed by atoms with Crippen molar-refractivity contribution in [2.75, 3.05) is 13.1 Å². The van der Waals surface area contributed by atoms with Crippen LogP contribution in [0.4, 0.5) is 0 Å². The van der Waals surface area contributed by atoms with Crippen LogP contribution in [-0.2, 0) is 6.42 Å². The van der Waals surface area contributed by atoms with Crippen LogP contribution in [0.25, 0.3) is 11.5 Å². The number of hydrogen-bond donors (Lipinski definition) is 1. The predicted octanol–water partition coefficient (Wildman–Crippen LogP) is 2.63. The SMILES string of the molecule is Brc1occc1-c1nc(CC2CCCNC2)no1. The Labute approximate surface area is 113 Å². The molecule has 96 valence electrons. The van der Waals surface area contributed by atoms with Crippen molar-refractivity contribution < 1.29 is 8.94 Å². The lowest BCUT2D eigenvalue weighted by molar-refractivity contribution is 0.359. The smallest absolute Gasteiger partial charge is 0.262 e. The highest BCUT2D eigenvalue weighted by molar-refractivity contribution is 9.10. The summed E-state index contributed by atoms with van der Waals surface area (Å²) in [5.74, 6) is 1.89. The van der Waals surface area contributed by atoms with Crippen LogP contribution in [0, 0.1) is 5.92 Å². The summed E-state index contributed by atoms with van der Waals surface area (Å²) in [7, 11) is 0. The van der Waals surface area contributed by atoms with Crippen molar-refractivity contribution in [3.63, 3.8) is 0 Å².